The third-order valence-electron chi connectivity index (χ3n) is 5.25. The Morgan fingerprint density at radius 3 is 2.59 bits per heavy atom. The van der Waals surface area contributed by atoms with Crippen LogP contribution in [0.4, 0.5) is 5.69 Å². The number of rotatable bonds is 12. The molecule has 202 valence electrons. The average Bonchev–Trinajstić information content (AvgIpc) is 2.93. The molecule has 1 N–H and O–H groups in total. The lowest BCUT2D eigenvalue weighted by atomic mass is 10.1. The van der Waals surface area contributed by atoms with E-state index in [4.69, 9.17) is 18.9 Å². The second kappa shape index (κ2) is 13.8. The van der Waals surface area contributed by atoms with Crippen LogP contribution < -0.4 is 19.6 Å². The van der Waals surface area contributed by atoms with Gasteiger partial charge in [0.25, 0.3) is 11.6 Å². The van der Waals surface area contributed by atoms with E-state index in [9.17, 15) is 20.2 Å². The fourth-order valence-corrected chi connectivity index (χ4v) is 3.79. The molecule has 0 saturated heterocycles. The first kappa shape index (κ1) is 29.0. The number of pyridine rings is 1. The minimum Gasteiger partial charge on any atom is -0.493 e. The summed E-state index contributed by atoms with van der Waals surface area (Å²) in [4.78, 5) is 27.6. The van der Waals surface area contributed by atoms with Gasteiger partial charge in [-0.05, 0) is 34.5 Å². The Morgan fingerprint density at radius 2 is 1.95 bits per heavy atom. The largest absolute Gasteiger partial charge is 0.493 e. The number of carbonyl (C=O) groups excluding carboxylic acids is 1. The van der Waals surface area contributed by atoms with Crippen LogP contribution in [0.15, 0.2) is 52.0 Å². The van der Waals surface area contributed by atoms with Gasteiger partial charge in [0.05, 0.1) is 42.2 Å². The number of nitriles is 1. The summed E-state index contributed by atoms with van der Waals surface area (Å²) in [7, 11) is 2.89. The molecule has 2 aromatic carbocycles. The summed E-state index contributed by atoms with van der Waals surface area (Å²) in [6.45, 7) is 1.52. The molecule has 1 aromatic heterocycles. The molecule has 39 heavy (non-hydrogen) atoms. The Balaban J connectivity index is 1.71. The van der Waals surface area contributed by atoms with Gasteiger partial charge in [0.15, 0.2) is 18.1 Å². The Morgan fingerprint density at radius 1 is 1.21 bits per heavy atom. The normalized spacial score (nSPS) is 10.6. The fourth-order valence-electron chi connectivity index (χ4n) is 3.39. The first-order valence-corrected chi connectivity index (χ1v) is 12.1. The van der Waals surface area contributed by atoms with Crippen molar-refractivity contribution in [1.82, 2.24) is 10.4 Å². The van der Waals surface area contributed by atoms with E-state index in [2.05, 4.69) is 31.4 Å². The highest BCUT2D eigenvalue weighted by atomic mass is 79.9. The maximum atomic E-state index is 12.3. The first-order valence-electron chi connectivity index (χ1n) is 11.3. The number of aromatic nitrogens is 1. The highest BCUT2D eigenvalue weighted by Gasteiger charge is 2.20. The topological polar surface area (TPSA) is 158 Å². The smallest absolute Gasteiger partial charge is 0.282 e. The molecule has 12 nitrogen and oxygen atoms in total. The van der Waals surface area contributed by atoms with Crippen LogP contribution in [0.1, 0.15) is 27.9 Å². The summed E-state index contributed by atoms with van der Waals surface area (Å²) in [5.74, 6) is -0.277. The van der Waals surface area contributed by atoms with Crippen LogP contribution in [0, 0.1) is 28.4 Å². The van der Waals surface area contributed by atoms with Crippen molar-refractivity contribution in [2.24, 2.45) is 5.10 Å². The molecule has 0 fully saturated rings. The Bertz CT molecular complexity index is 1420. The van der Waals surface area contributed by atoms with Gasteiger partial charge in [0.2, 0.25) is 5.88 Å². The van der Waals surface area contributed by atoms with E-state index >= 15 is 0 Å². The van der Waals surface area contributed by atoms with Crippen molar-refractivity contribution in [3.63, 3.8) is 0 Å². The van der Waals surface area contributed by atoms with Crippen LogP contribution in [0.3, 0.4) is 0 Å². The van der Waals surface area contributed by atoms with Gasteiger partial charge in [0.1, 0.15) is 18.2 Å². The number of nitro benzene ring substituents is 1. The molecular formula is C26H24BrN5O7. The lowest BCUT2D eigenvalue weighted by molar-refractivity contribution is -0.385. The molecule has 3 aromatic rings. The van der Waals surface area contributed by atoms with Gasteiger partial charge in [-0.2, -0.15) is 10.4 Å². The van der Waals surface area contributed by atoms with E-state index in [0.717, 1.165) is 11.8 Å². The molecule has 1 amide bonds. The third-order valence-corrected chi connectivity index (χ3v) is 6.30. The second-order valence-electron chi connectivity index (χ2n) is 7.89. The zero-order valence-electron chi connectivity index (χ0n) is 21.3. The zero-order valence-corrected chi connectivity index (χ0v) is 22.9. The van der Waals surface area contributed by atoms with E-state index in [0.29, 0.717) is 15.7 Å². The second-order valence-corrected chi connectivity index (χ2v) is 8.68. The first-order chi connectivity index (χ1) is 18.8. The van der Waals surface area contributed by atoms with Crippen LogP contribution >= 0.6 is 15.9 Å². The lowest BCUT2D eigenvalue weighted by Crippen LogP contribution is -2.25. The SMILES string of the molecule is COCc1c(Br)c(C)nc(OCC(=O)N/N=C\c2cc(OC)c(OCc3ccccc3)cc2[N+](=O)[O-])c1C#N. The van der Waals surface area contributed by atoms with Crippen molar-refractivity contribution in [3.05, 3.63) is 85.0 Å². The summed E-state index contributed by atoms with van der Waals surface area (Å²) < 4.78 is 22.3. The van der Waals surface area contributed by atoms with Gasteiger partial charge in [-0.3, -0.25) is 14.9 Å². The number of carbonyl (C=O) groups is 1. The van der Waals surface area contributed by atoms with Gasteiger partial charge < -0.3 is 18.9 Å². The van der Waals surface area contributed by atoms with E-state index in [1.807, 2.05) is 36.4 Å². The fraction of sp³-hybridized carbons (Fsp3) is 0.231. The van der Waals surface area contributed by atoms with Crippen LogP contribution in [0.2, 0.25) is 0 Å². The molecule has 0 radical (unpaired) electrons. The quantitative estimate of drug-likeness (QED) is 0.183. The van der Waals surface area contributed by atoms with Crippen molar-refractivity contribution < 1.29 is 28.7 Å². The van der Waals surface area contributed by atoms with Crippen molar-refractivity contribution >= 4 is 33.7 Å². The number of aryl methyl sites for hydroxylation is 1. The molecule has 13 heteroatoms. The molecular weight excluding hydrogens is 574 g/mol. The highest BCUT2D eigenvalue weighted by Crippen LogP contribution is 2.34. The predicted octanol–water partition coefficient (Wildman–Crippen LogP) is 4.20. The molecule has 0 aliphatic rings. The van der Waals surface area contributed by atoms with E-state index in [1.165, 1.54) is 26.4 Å². The Hall–Kier alpha value is -4.54. The molecule has 1 heterocycles. The van der Waals surface area contributed by atoms with Gasteiger partial charge >= 0.3 is 0 Å². The summed E-state index contributed by atoms with van der Waals surface area (Å²) >= 11 is 3.38. The number of nitrogens with zero attached hydrogens (tertiary/aromatic N) is 4. The third kappa shape index (κ3) is 7.50. The van der Waals surface area contributed by atoms with Crippen LogP contribution in [-0.2, 0) is 22.7 Å². The number of amides is 1. The highest BCUT2D eigenvalue weighted by molar-refractivity contribution is 9.10. The number of hydrogen-bond acceptors (Lipinski definition) is 10. The molecule has 0 aliphatic heterocycles. The standard InChI is InChI=1S/C26H24BrN5O7/c1-16-25(27)20(14-36-2)19(11-28)26(30-16)39-15-24(33)31-29-12-18-9-22(37-3)23(10-21(18)32(34)35)38-13-17-7-5-4-6-8-17/h4-10,12H,13-15H2,1-3H3,(H,31,33)/b29-12-. The molecule has 0 saturated carbocycles. The maximum Gasteiger partial charge on any atom is 0.282 e. The predicted molar refractivity (Wildman–Crippen MR) is 144 cm³/mol. The number of nitro groups is 1. The van der Waals surface area contributed by atoms with E-state index in [1.54, 1.807) is 6.92 Å². The van der Waals surface area contributed by atoms with Gasteiger partial charge in [-0.15, -0.1) is 0 Å². The molecule has 0 spiro atoms. The van der Waals surface area contributed by atoms with Crippen LogP contribution in [0.5, 0.6) is 17.4 Å². The number of ether oxygens (including phenoxy) is 4. The van der Waals surface area contributed by atoms with Crippen molar-refractivity contribution in [2.45, 2.75) is 20.1 Å². The summed E-state index contributed by atoms with van der Waals surface area (Å²) in [6, 6.07) is 13.9. The number of benzene rings is 2. The molecule has 0 bridgehead atoms. The summed E-state index contributed by atoms with van der Waals surface area (Å²) in [5.41, 5.74) is 4.11. The molecule has 0 aliphatic carbocycles. The summed E-state index contributed by atoms with van der Waals surface area (Å²) in [6.07, 6.45) is 1.11. The van der Waals surface area contributed by atoms with Crippen molar-refractivity contribution in [2.75, 3.05) is 20.8 Å². The lowest BCUT2D eigenvalue weighted by Gasteiger charge is -2.13. The molecule has 0 unspecified atom stereocenters. The minimum absolute atomic E-state index is 0.0316. The average molecular weight is 598 g/mol. The number of hydrazone groups is 1. The maximum absolute atomic E-state index is 12.3. The summed E-state index contributed by atoms with van der Waals surface area (Å²) in [5, 5.41) is 25.0. The number of methoxy groups -OCH3 is 2. The number of hydrogen-bond donors (Lipinski definition) is 1. The minimum atomic E-state index is -0.678. The Kier molecular flexibility index (Phi) is 10.3. The number of halogens is 1. The molecule has 0 atom stereocenters. The van der Waals surface area contributed by atoms with E-state index in [-0.39, 0.29) is 47.4 Å². The van der Waals surface area contributed by atoms with Gasteiger partial charge in [0, 0.05) is 17.1 Å². The van der Waals surface area contributed by atoms with Crippen LogP contribution in [-0.4, -0.2) is 42.9 Å². The van der Waals surface area contributed by atoms with Gasteiger partial charge in [-0.25, -0.2) is 10.4 Å². The monoisotopic (exact) mass is 597 g/mol. The van der Waals surface area contributed by atoms with Crippen LogP contribution in [0.25, 0.3) is 0 Å². The Labute approximate surface area is 232 Å². The van der Waals surface area contributed by atoms with Crippen molar-refractivity contribution in [1.29, 1.82) is 5.26 Å². The number of nitrogens with one attached hydrogen (secondary N) is 1. The molecule has 3 rings (SSSR count). The van der Waals surface area contributed by atoms with Gasteiger partial charge in [-0.1, -0.05) is 30.3 Å². The zero-order chi connectivity index (χ0) is 28.4. The van der Waals surface area contributed by atoms with Crippen molar-refractivity contribution in [3.8, 4) is 23.4 Å². The van der Waals surface area contributed by atoms with E-state index < -0.39 is 17.4 Å².